The molecule has 0 fully saturated rings. The van der Waals surface area contributed by atoms with Crippen molar-refractivity contribution in [1.29, 1.82) is 0 Å². The van der Waals surface area contributed by atoms with Gasteiger partial charge in [-0.05, 0) is 117 Å². The van der Waals surface area contributed by atoms with Gasteiger partial charge in [-0.3, -0.25) is 0 Å². The van der Waals surface area contributed by atoms with Crippen LogP contribution in [-0.2, 0) is 0 Å². The minimum atomic E-state index is -0.772. The molecular weight excluding hydrogens is 849 g/mol. The summed E-state index contributed by atoms with van der Waals surface area (Å²) in [5.74, 6) is -3.57. The van der Waals surface area contributed by atoms with E-state index in [2.05, 4.69) is 0 Å². The molecule has 0 amide bonds. The Morgan fingerprint density at radius 1 is 0.284 bits per heavy atom. The van der Waals surface area contributed by atoms with E-state index in [-0.39, 0.29) is 51.7 Å². The monoisotopic (exact) mass is 890 g/mol. The quantitative estimate of drug-likeness (QED) is 0.0769. The van der Waals surface area contributed by atoms with Gasteiger partial charge in [-0.2, -0.15) is 0 Å². The molecule has 9 N–H and O–H groups in total. The molecule has 0 bridgehead atoms. The zero-order chi connectivity index (χ0) is 46.0. The van der Waals surface area contributed by atoms with Crippen molar-refractivity contribution >= 4 is 0 Å². The highest BCUT2D eigenvalue weighted by Crippen LogP contribution is 2.72. The smallest absolute Gasteiger partial charge is 0.135 e. The third-order valence-electron chi connectivity index (χ3n) is 14.4. The highest BCUT2D eigenvalue weighted by Gasteiger charge is 2.57. The summed E-state index contributed by atoms with van der Waals surface area (Å²) in [6.07, 6.45) is -1.45. The molecule has 4 aliphatic rings. The molecule has 0 radical (unpaired) electrons. The minimum absolute atomic E-state index is 0.0317. The Morgan fingerprint density at radius 2 is 0.776 bits per heavy atom. The Balaban J connectivity index is 1.20. The number of aromatic hydroxyl groups is 9. The lowest BCUT2D eigenvalue weighted by Crippen LogP contribution is -2.21. The number of hydrogen-bond acceptors (Lipinski definition) is 11. The fourth-order valence-corrected chi connectivity index (χ4v) is 11.9. The maximum absolute atomic E-state index is 12.8. The van der Waals surface area contributed by atoms with Gasteiger partial charge >= 0.3 is 0 Å². The molecule has 8 aromatic rings. The van der Waals surface area contributed by atoms with Crippen molar-refractivity contribution in [2.24, 2.45) is 0 Å². The number of phenols is 9. The maximum atomic E-state index is 12.8. The SMILES string of the molecule is Oc1ccc([C@@H]2c3c(O)cc(O)cc3[C@@H]3c4c(cc(O)c5c4[C@H]2[C@H](c2ccc(O)cc2)[C@@H]5c2cc(O)cc4c2[C@@H](c2cccc(O)c2)[C@H](c2ccc(O)cc2)O4)O[C@@H]3c2ccc(O)cc2)cc1. The molecule has 8 atom stereocenters. The first-order valence-corrected chi connectivity index (χ1v) is 22.0. The summed E-state index contributed by atoms with van der Waals surface area (Å²) < 4.78 is 13.8. The summed E-state index contributed by atoms with van der Waals surface area (Å²) in [5.41, 5.74) is 8.02. The van der Waals surface area contributed by atoms with Gasteiger partial charge in [0, 0.05) is 64.1 Å². The first-order chi connectivity index (χ1) is 32.4. The van der Waals surface area contributed by atoms with Crippen LogP contribution < -0.4 is 9.47 Å². The lowest BCUT2D eigenvalue weighted by atomic mass is 9.68. The van der Waals surface area contributed by atoms with Crippen LogP contribution in [0.15, 0.2) is 152 Å². The Hall–Kier alpha value is -8.44. The van der Waals surface area contributed by atoms with Crippen LogP contribution in [0.25, 0.3) is 0 Å². The van der Waals surface area contributed by atoms with Gasteiger partial charge in [-0.1, -0.05) is 60.7 Å². The van der Waals surface area contributed by atoms with Crippen molar-refractivity contribution in [3.63, 3.8) is 0 Å². The van der Waals surface area contributed by atoms with Crippen molar-refractivity contribution in [1.82, 2.24) is 0 Å². The van der Waals surface area contributed by atoms with Crippen LogP contribution in [0.5, 0.6) is 63.2 Å². The van der Waals surface area contributed by atoms with E-state index in [0.29, 0.717) is 56.0 Å². The summed E-state index contributed by atoms with van der Waals surface area (Å²) in [6.45, 7) is 0. The molecule has 12 rings (SSSR count). The first kappa shape index (κ1) is 40.1. The number of benzene rings is 8. The molecule has 11 heteroatoms. The Labute approximate surface area is 383 Å². The second kappa shape index (κ2) is 14.8. The number of ether oxygens (including phenoxy) is 2. The number of rotatable bonds is 6. The molecule has 332 valence electrons. The van der Waals surface area contributed by atoms with Gasteiger partial charge in [0.05, 0.1) is 11.8 Å². The van der Waals surface area contributed by atoms with E-state index in [9.17, 15) is 46.0 Å². The lowest BCUT2D eigenvalue weighted by molar-refractivity contribution is 0.221. The van der Waals surface area contributed by atoms with E-state index in [1.807, 2.05) is 18.2 Å². The first-order valence-electron chi connectivity index (χ1n) is 22.0. The van der Waals surface area contributed by atoms with E-state index in [0.717, 1.165) is 22.3 Å². The second-order valence-corrected chi connectivity index (χ2v) is 18.0. The molecule has 8 aromatic carbocycles. The molecule has 0 saturated carbocycles. The van der Waals surface area contributed by atoms with Crippen molar-refractivity contribution < 1.29 is 55.4 Å². The predicted molar refractivity (Wildman–Crippen MR) is 246 cm³/mol. The molecule has 67 heavy (non-hydrogen) atoms. The fourth-order valence-electron chi connectivity index (χ4n) is 11.9. The molecule has 0 spiro atoms. The van der Waals surface area contributed by atoms with Crippen molar-refractivity contribution in [2.75, 3.05) is 0 Å². The van der Waals surface area contributed by atoms with Crippen LogP contribution in [0, 0.1) is 0 Å². The Morgan fingerprint density at radius 3 is 1.36 bits per heavy atom. The lowest BCUT2D eigenvalue weighted by Gasteiger charge is -2.35. The average molecular weight is 891 g/mol. The van der Waals surface area contributed by atoms with E-state index in [1.165, 1.54) is 6.07 Å². The number of hydrogen-bond donors (Lipinski definition) is 9. The van der Waals surface area contributed by atoms with E-state index in [1.54, 1.807) is 127 Å². The molecule has 0 saturated heterocycles. The zero-order valence-corrected chi connectivity index (χ0v) is 35.4. The molecule has 2 aliphatic carbocycles. The van der Waals surface area contributed by atoms with Gasteiger partial charge < -0.3 is 55.4 Å². The summed E-state index contributed by atoms with van der Waals surface area (Å²) in [4.78, 5) is 0. The van der Waals surface area contributed by atoms with Crippen LogP contribution in [-0.4, -0.2) is 46.0 Å². The third kappa shape index (κ3) is 6.18. The molecule has 11 nitrogen and oxygen atoms in total. The topological polar surface area (TPSA) is 201 Å². The van der Waals surface area contributed by atoms with Gasteiger partial charge in [0.2, 0.25) is 0 Å². The fraction of sp³-hybridized carbons (Fsp3) is 0.143. The Bertz CT molecular complexity index is 3280. The predicted octanol–water partition coefficient (Wildman–Crippen LogP) is 10.7. The molecular formula is C56H42O11. The third-order valence-corrected chi connectivity index (χ3v) is 14.4. The summed E-state index contributed by atoms with van der Waals surface area (Å²) >= 11 is 0. The van der Waals surface area contributed by atoms with Gasteiger partial charge in [0.15, 0.2) is 0 Å². The average Bonchev–Trinajstić information content (AvgIpc) is 3.96. The molecule has 2 heterocycles. The standard InChI is InChI=1S/C56H42O11/c57-31-12-4-26(5-13-31)44-47-38(21-36(62)23-40(47)64)50-52-43(67-56(50)29-10-18-34(60)19-11-29)25-41(65)51-49(45(53(44)54(51)52)27-6-14-32(58)15-7-27)39-22-37(63)24-42-48(39)46(30-2-1-3-35(61)20-30)55(66-42)28-8-16-33(59)17-9-28/h1-25,44-46,49-50,53,55-65H/t44-,45-,46-,49+,50-,53-,55+,56-/m1/s1. The van der Waals surface area contributed by atoms with Gasteiger partial charge in [0.1, 0.15) is 75.5 Å². The minimum Gasteiger partial charge on any atom is -0.508 e. The van der Waals surface area contributed by atoms with E-state index < -0.39 is 47.7 Å². The number of phenolic OH excluding ortho intramolecular Hbond substituents is 9. The van der Waals surface area contributed by atoms with Crippen molar-refractivity contribution in [3.05, 3.63) is 218 Å². The Kier molecular flexibility index (Phi) is 8.85. The zero-order valence-electron chi connectivity index (χ0n) is 35.4. The van der Waals surface area contributed by atoms with Gasteiger partial charge in [0.25, 0.3) is 0 Å². The van der Waals surface area contributed by atoms with Crippen molar-refractivity contribution in [2.45, 2.75) is 47.7 Å². The highest BCUT2D eigenvalue weighted by atomic mass is 16.5. The van der Waals surface area contributed by atoms with Crippen LogP contribution in [0.3, 0.4) is 0 Å². The largest absolute Gasteiger partial charge is 0.508 e. The highest BCUT2D eigenvalue weighted by molar-refractivity contribution is 5.74. The van der Waals surface area contributed by atoms with Crippen LogP contribution in [0.2, 0.25) is 0 Å². The summed E-state index contributed by atoms with van der Waals surface area (Å²) in [6, 6.07) is 41.8. The van der Waals surface area contributed by atoms with E-state index >= 15 is 0 Å². The van der Waals surface area contributed by atoms with Gasteiger partial charge in [-0.25, -0.2) is 0 Å². The van der Waals surface area contributed by atoms with Crippen molar-refractivity contribution in [3.8, 4) is 63.2 Å². The van der Waals surface area contributed by atoms with Crippen LogP contribution in [0.1, 0.15) is 114 Å². The van der Waals surface area contributed by atoms with Gasteiger partial charge in [-0.15, -0.1) is 0 Å². The second-order valence-electron chi connectivity index (χ2n) is 18.0. The van der Waals surface area contributed by atoms with Crippen LogP contribution >= 0.6 is 0 Å². The maximum Gasteiger partial charge on any atom is 0.135 e. The summed E-state index contributed by atoms with van der Waals surface area (Å²) in [5, 5.41) is 101. The molecule has 0 unspecified atom stereocenters. The summed E-state index contributed by atoms with van der Waals surface area (Å²) in [7, 11) is 0. The molecule has 2 aliphatic heterocycles. The van der Waals surface area contributed by atoms with E-state index in [4.69, 9.17) is 9.47 Å². The number of fused-ring (bicyclic) bond motifs is 3. The normalized spacial score (nSPS) is 22.8. The van der Waals surface area contributed by atoms with Crippen LogP contribution in [0.4, 0.5) is 0 Å². The molecule has 0 aromatic heterocycles.